The minimum Gasteiger partial charge on any atom is -0.623 e. The van der Waals surface area contributed by atoms with Crippen molar-refractivity contribution in [2.45, 2.75) is 0 Å². The molecule has 0 aromatic heterocycles. The summed E-state index contributed by atoms with van der Waals surface area (Å²) < 4.78 is 4.90. The number of hydrogen-bond acceptors (Lipinski definition) is 3. The Hall–Kier alpha value is -1.84. The third-order valence-electron chi connectivity index (χ3n) is 1.61. The lowest BCUT2D eigenvalue weighted by atomic mass is 10.2. The highest BCUT2D eigenvalue weighted by Crippen LogP contribution is 1.93. The maximum Gasteiger partial charge on any atom is 0.373 e. The Bertz CT molecular complexity index is 332. The third kappa shape index (κ3) is 3.26. The molecule has 0 aliphatic carbocycles. The molecule has 0 heterocycles. The van der Waals surface area contributed by atoms with Crippen LogP contribution in [0.5, 0.6) is 0 Å². The van der Waals surface area contributed by atoms with Gasteiger partial charge in [-0.1, -0.05) is 18.2 Å². The van der Waals surface area contributed by atoms with Crippen LogP contribution in [0.25, 0.3) is 0 Å². The summed E-state index contributed by atoms with van der Waals surface area (Å²) in [4.78, 5) is 10.7. The number of hydrogen-bond donors (Lipinski definition) is 0. The lowest BCUT2D eigenvalue weighted by Crippen LogP contribution is -2.18. The van der Waals surface area contributed by atoms with E-state index in [-0.39, 0.29) is 6.54 Å². The molecule has 0 bridgehead atoms. The number of esters is 1. The molecule has 0 spiro atoms. The number of benzene rings is 1. The van der Waals surface area contributed by atoms with Gasteiger partial charge in [-0.3, -0.25) is 0 Å². The number of rotatable bonds is 3. The van der Waals surface area contributed by atoms with E-state index in [1.165, 1.54) is 13.3 Å². The van der Waals surface area contributed by atoms with Gasteiger partial charge in [0, 0.05) is 5.56 Å². The molecule has 1 aromatic carbocycles. The molecule has 0 amide bonds. The summed E-state index contributed by atoms with van der Waals surface area (Å²) in [7, 11) is 1.25. The van der Waals surface area contributed by atoms with E-state index in [0.29, 0.717) is 4.74 Å². The van der Waals surface area contributed by atoms with E-state index in [1.54, 1.807) is 12.1 Å². The zero-order chi connectivity index (χ0) is 10.4. The van der Waals surface area contributed by atoms with Crippen molar-refractivity contribution in [3.05, 3.63) is 41.1 Å². The predicted octanol–water partition coefficient (Wildman–Crippen LogP) is 0.789. The second-order valence-corrected chi connectivity index (χ2v) is 2.69. The van der Waals surface area contributed by atoms with Gasteiger partial charge >= 0.3 is 5.97 Å². The van der Waals surface area contributed by atoms with Crippen LogP contribution in [0.1, 0.15) is 5.56 Å². The van der Waals surface area contributed by atoms with Gasteiger partial charge in [0.15, 0.2) is 6.21 Å². The number of methoxy groups -OCH3 is 1. The summed E-state index contributed by atoms with van der Waals surface area (Å²) >= 11 is 0. The zero-order valence-electron chi connectivity index (χ0n) is 7.84. The number of nitrogens with zero attached hydrogens (tertiary/aromatic N) is 1. The van der Waals surface area contributed by atoms with Gasteiger partial charge in [0.1, 0.15) is 0 Å². The standard InChI is InChI=1S/C10H11NO3/c1-14-10(12)8-11(13)7-9-5-3-2-4-6-9/h2-7H,8H2,1H3/b11-7-. The van der Waals surface area contributed by atoms with Crippen LogP contribution < -0.4 is 0 Å². The highest BCUT2D eigenvalue weighted by Gasteiger charge is 2.04. The molecule has 4 nitrogen and oxygen atoms in total. The van der Waals surface area contributed by atoms with E-state index in [4.69, 9.17) is 0 Å². The Kier molecular flexibility index (Phi) is 3.67. The molecule has 0 radical (unpaired) electrons. The van der Waals surface area contributed by atoms with Crippen molar-refractivity contribution in [1.82, 2.24) is 0 Å². The molecular formula is C10H11NO3. The molecule has 0 fully saturated rings. The third-order valence-corrected chi connectivity index (χ3v) is 1.61. The van der Waals surface area contributed by atoms with Crippen molar-refractivity contribution < 1.29 is 14.3 Å². The Morgan fingerprint density at radius 1 is 1.50 bits per heavy atom. The first kappa shape index (κ1) is 10.2. The molecule has 74 valence electrons. The van der Waals surface area contributed by atoms with Crippen molar-refractivity contribution in [2.24, 2.45) is 0 Å². The van der Waals surface area contributed by atoms with Crippen molar-refractivity contribution in [3.63, 3.8) is 0 Å². The average molecular weight is 193 g/mol. The fourth-order valence-electron chi connectivity index (χ4n) is 0.943. The topological polar surface area (TPSA) is 52.4 Å². The Morgan fingerprint density at radius 2 is 2.14 bits per heavy atom. The van der Waals surface area contributed by atoms with E-state index < -0.39 is 5.97 Å². The summed E-state index contributed by atoms with van der Waals surface area (Å²) in [5.41, 5.74) is 0.756. The lowest BCUT2D eigenvalue weighted by molar-refractivity contribution is -0.442. The quantitative estimate of drug-likeness (QED) is 0.234. The molecule has 0 atom stereocenters. The fraction of sp³-hybridized carbons (Fsp3) is 0.200. The second kappa shape index (κ2) is 5.01. The van der Waals surface area contributed by atoms with Gasteiger partial charge in [-0.05, 0) is 12.1 Å². The lowest BCUT2D eigenvalue weighted by Gasteiger charge is -2.01. The molecule has 0 saturated carbocycles. The van der Waals surface area contributed by atoms with Gasteiger partial charge < -0.3 is 9.94 Å². The highest BCUT2D eigenvalue weighted by atomic mass is 16.5. The first-order valence-electron chi connectivity index (χ1n) is 4.13. The first-order valence-corrected chi connectivity index (χ1v) is 4.13. The van der Waals surface area contributed by atoms with Crippen LogP contribution in [0.15, 0.2) is 30.3 Å². The molecular weight excluding hydrogens is 182 g/mol. The van der Waals surface area contributed by atoms with E-state index in [1.807, 2.05) is 18.2 Å². The van der Waals surface area contributed by atoms with E-state index >= 15 is 0 Å². The minimum atomic E-state index is -0.549. The maximum atomic E-state index is 11.1. The zero-order valence-corrected chi connectivity index (χ0v) is 7.84. The fourth-order valence-corrected chi connectivity index (χ4v) is 0.943. The minimum absolute atomic E-state index is 0.286. The van der Waals surface area contributed by atoms with Gasteiger partial charge in [-0.2, -0.15) is 4.74 Å². The van der Waals surface area contributed by atoms with E-state index in [0.717, 1.165) is 5.56 Å². The van der Waals surface area contributed by atoms with Gasteiger partial charge in [0.25, 0.3) is 0 Å². The Balaban J connectivity index is 2.65. The summed E-state index contributed by atoms with van der Waals surface area (Å²) in [5.74, 6) is -0.549. The van der Waals surface area contributed by atoms with Gasteiger partial charge in [-0.15, -0.1) is 0 Å². The van der Waals surface area contributed by atoms with Crippen LogP contribution >= 0.6 is 0 Å². The molecule has 1 rings (SSSR count). The van der Waals surface area contributed by atoms with Crippen LogP contribution in [0.2, 0.25) is 0 Å². The normalized spacial score (nSPS) is 11.1. The van der Waals surface area contributed by atoms with Gasteiger partial charge in [0.2, 0.25) is 6.54 Å². The van der Waals surface area contributed by atoms with Crippen molar-refractivity contribution >= 4 is 12.2 Å². The molecule has 0 saturated heterocycles. The smallest absolute Gasteiger partial charge is 0.373 e. The van der Waals surface area contributed by atoms with Crippen LogP contribution in [0.3, 0.4) is 0 Å². The van der Waals surface area contributed by atoms with Crippen molar-refractivity contribution in [1.29, 1.82) is 0 Å². The predicted molar refractivity (Wildman–Crippen MR) is 52.1 cm³/mol. The van der Waals surface area contributed by atoms with Crippen LogP contribution in [0.4, 0.5) is 0 Å². The number of carbonyl (C=O) groups excluding carboxylic acids is 1. The molecule has 0 N–H and O–H groups in total. The molecule has 14 heavy (non-hydrogen) atoms. The largest absolute Gasteiger partial charge is 0.623 e. The number of ether oxygens (including phenoxy) is 1. The van der Waals surface area contributed by atoms with Gasteiger partial charge in [0.05, 0.1) is 7.11 Å². The van der Waals surface area contributed by atoms with Crippen LogP contribution in [0, 0.1) is 5.21 Å². The van der Waals surface area contributed by atoms with E-state index in [9.17, 15) is 10.0 Å². The first-order chi connectivity index (χ1) is 6.72. The summed E-state index contributed by atoms with van der Waals surface area (Å²) in [6, 6.07) is 9.05. The molecule has 0 aliphatic rings. The monoisotopic (exact) mass is 193 g/mol. The average Bonchev–Trinajstić information content (AvgIpc) is 2.19. The second-order valence-electron chi connectivity index (χ2n) is 2.69. The Labute approximate surface area is 82.0 Å². The summed E-state index contributed by atoms with van der Waals surface area (Å²) in [5, 5.41) is 11.1. The molecule has 4 heteroatoms. The highest BCUT2D eigenvalue weighted by molar-refractivity contribution is 5.77. The SMILES string of the molecule is COC(=O)C/[N+]([O-])=C/c1ccccc1. The summed E-state index contributed by atoms with van der Waals surface area (Å²) in [6.45, 7) is -0.286. The van der Waals surface area contributed by atoms with Crippen LogP contribution in [-0.2, 0) is 9.53 Å². The molecule has 1 aromatic rings. The van der Waals surface area contributed by atoms with Crippen molar-refractivity contribution in [3.8, 4) is 0 Å². The number of hydroxylamine groups is 1. The van der Waals surface area contributed by atoms with Gasteiger partial charge in [-0.25, -0.2) is 4.79 Å². The Morgan fingerprint density at radius 3 is 2.71 bits per heavy atom. The molecule has 0 aliphatic heterocycles. The number of carbonyl (C=O) groups is 1. The van der Waals surface area contributed by atoms with Crippen LogP contribution in [-0.4, -0.2) is 30.6 Å². The summed E-state index contributed by atoms with van der Waals surface area (Å²) in [6.07, 6.45) is 1.34. The van der Waals surface area contributed by atoms with Crippen molar-refractivity contribution in [2.75, 3.05) is 13.7 Å². The maximum absolute atomic E-state index is 11.1. The van der Waals surface area contributed by atoms with E-state index in [2.05, 4.69) is 4.74 Å². The molecule has 0 unspecified atom stereocenters.